The van der Waals surface area contributed by atoms with E-state index in [-0.39, 0.29) is 6.61 Å². The van der Waals surface area contributed by atoms with Crippen LogP contribution in [-0.4, -0.2) is 43.6 Å². The van der Waals surface area contributed by atoms with Crippen LogP contribution in [0.2, 0.25) is 0 Å². The predicted molar refractivity (Wildman–Crippen MR) is 77.7 cm³/mol. The third-order valence-corrected chi connectivity index (χ3v) is 3.74. The van der Waals surface area contributed by atoms with E-state index in [1.807, 2.05) is 0 Å². The summed E-state index contributed by atoms with van der Waals surface area (Å²) < 4.78 is 127. The quantitative estimate of drug-likeness (QED) is 0.412. The van der Waals surface area contributed by atoms with Crippen molar-refractivity contribution in [2.24, 2.45) is 0 Å². The predicted octanol–water partition coefficient (Wildman–Crippen LogP) is 5.41. The molecule has 1 unspecified atom stereocenters. The minimum Gasteiger partial charge on any atom is -0.462 e. The second kappa shape index (κ2) is 8.18. The molecule has 0 aliphatic heterocycles. The van der Waals surface area contributed by atoms with E-state index in [0.717, 1.165) is 19.2 Å². The van der Waals surface area contributed by atoms with Gasteiger partial charge in [0.15, 0.2) is 0 Å². The summed E-state index contributed by atoms with van der Waals surface area (Å²) in [4.78, 5) is 11.9. The monoisotopic (exact) mass is 426 g/mol. The van der Waals surface area contributed by atoms with Crippen molar-refractivity contribution in [2.45, 2.75) is 43.4 Å². The topological polar surface area (TPSA) is 35.5 Å². The molecule has 0 aliphatic rings. The van der Waals surface area contributed by atoms with Gasteiger partial charge in [-0.3, -0.25) is 0 Å². The van der Waals surface area contributed by atoms with Crippen LogP contribution in [0.25, 0.3) is 0 Å². The molecule has 0 spiro atoms. The summed E-state index contributed by atoms with van der Waals surface area (Å²) in [6, 6.07) is 4.54. The zero-order chi connectivity index (χ0) is 22.0. The van der Waals surface area contributed by atoms with Gasteiger partial charge >= 0.3 is 29.9 Å². The lowest BCUT2D eigenvalue weighted by molar-refractivity contribution is -0.398. The molecule has 1 rings (SSSR count). The molecule has 3 nitrogen and oxygen atoms in total. The SMILES string of the molecule is CCOC(=O)c1ccccc1C(CC(F)(F)C(F)(F)C(F)(F)C(F)(F)F)OC. The zero-order valence-corrected chi connectivity index (χ0v) is 14.4. The first-order chi connectivity index (χ1) is 12.6. The van der Waals surface area contributed by atoms with Gasteiger partial charge in [0.05, 0.1) is 18.3 Å². The smallest absolute Gasteiger partial charge is 0.460 e. The number of ether oxygens (including phenoxy) is 2. The second-order valence-corrected chi connectivity index (χ2v) is 5.59. The number of halogens is 9. The first-order valence-corrected chi connectivity index (χ1v) is 7.63. The molecule has 12 heteroatoms. The Morgan fingerprint density at radius 2 is 1.50 bits per heavy atom. The van der Waals surface area contributed by atoms with Crippen LogP contribution in [0.5, 0.6) is 0 Å². The lowest BCUT2D eigenvalue weighted by Gasteiger charge is -2.35. The van der Waals surface area contributed by atoms with Crippen molar-refractivity contribution in [2.75, 3.05) is 13.7 Å². The van der Waals surface area contributed by atoms with Gasteiger partial charge < -0.3 is 9.47 Å². The Bertz CT molecular complexity index is 686. The molecule has 0 aliphatic carbocycles. The standard InChI is InChI=1S/C16H15F9O3/c1-3-28-12(26)10-7-5-4-6-9(10)11(27-2)8-13(17,18)14(19,20)15(21,22)16(23,24)25/h4-7,11H,3,8H2,1-2H3. The fourth-order valence-corrected chi connectivity index (χ4v) is 2.26. The highest BCUT2D eigenvalue weighted by atomic mass is 19.4. The maximum atomic E-state index is 13.9. The third kappa shape index (κ3) is 4.36. The van der Waals surface area contributed by atoms with E-state index in [4.69, 9.17) is 0 Å². The largest absolute Gasteiger partial charge is 0.462 e. The van der Waals surface area contributed by atoms with Gasteiger partial charge in [-0.05, 0) is 18.6 Å². The van der Waals surface area contributed by atoms with Crippen LogP contribution in [0.4, 0.5) is 39.5 Å². The van der Waals surface area contributed by atoms with Crippen LogP contribution in [0.3, 0.4) is 0 Å². The molecule has 0 bridgehead atoms. The molecule has 0 radical (unpaired) electrons. The van der Waals surface area contributed by atoms with Gasteiger partial charge in [-0.25, -0.2) is 4.79 Å². The zero-order valence-electron chi connectivity index (χ0n) is 14.4. The van der Waals surface area contributed by atoms with E-state index in [2.05, 4.69) is 9.47 Å². The molecule has 0 amide bonds. The number of benzene rings is 1. The van der Waals surface area contributed by atoms with E-state index in [0.29, 0.717) is 0 Å². The number of carbonyl (C=O) groups excluding carboxylic acids is 1. The first kappa shape index (κ1) is 24.1. The maximum absolute atomic E-state index is 13.9. The highest BCUT2D eigenvalue weighted by Gasteiger charge is 2.81. The van der Waals surface area contributed by atoms with Crippen molar-refractivity contribution in [3.63, 3.8) is 0 Å². The molecule has 1 atom stereocenters. The van der Waals surface area contributed by atoms with Crippen molar-refractivity contribution in [1.82, 2.24) is 0 Å². The summed E-state index contributed by atoms with van der Waals surface area (Å²) in [5, 5.41) is 0. The van der Waals surface area contributed by atoms with Gasteiger partial charge in [0.1, 0.15) is 0 Å². The number of alkyl halides is 9. The van der Waals surface area contributed by atoms with E-state index in [9.17, 15) is 44.3 Å². The van der Waals surface area contributed by atoms with Crippen LogP contribution in [0, 0.1) is 0 Å². The molecule has 0 saturated carbocycles. The molecule has 0 N–H and O–H groups in total. The molecule has 160 valence electrons. The Balaban J connectivity index is 3.32. The summed E-state index contributed by atoms with van der Waals surface area (Å²) in [5.74, 6) is -20.7. The fourth-order valence-electron chi connectivity index (χ4n) is 2.26. The Morgan fingerprint density at radius 1 is 0.964 bits per heavy atom. The Labute approximate surface area is 153 Å². The lowest BCUT2D eigenvalue weighted by atomic mass is 9.93. The van der Waals surface area contributed by atoms with Crippen molar-refractivity contribution in [3.8, 4) is 0 Å². The van der Waals surface area contributed by atoms with Crippen LogP contribution >= 0.6 is 0 Å². The average Bonchev–Trinajstić information content (AvgIpc) is 2.58. The number of methoxy groups -OCH3 is 1. The van der Waals surface area contributed by atoms with Crippen molar-refractivity contribution < 1.29 is 53.8 Å². The molecule has 0 saturated heterocycles. The van der Waals surface area contributed by atoms with Crippen LogP contribution < -0.4 is 0 Å². The lowest BCUT2D eigenvalue weighted by Crippen LogP contribution is -2.61. The molecule has 1 aromatic rings. The van der Waals surface area contributed by atoms with E-state index < -0.39 is 53.6 Å². The average molecular weight is 426 g/mol. The highest BCUT2D eigenvalue weighted by Crippen LogP contribution is 2.55. The molecule has 0 fully saturated rings. The molecular formula is C16H15F9O3. The van der Waals surface area contributed by atoms with Gasteiger partial charge in [0.25, 0.3) is 0 Å². The first-order valence-electron chi connectivity index (χ1n) is 7.63. The third-order valence-electron chi connectivity index (χ3n) is 3.74. The van der Waals surface area contributed by atoms with Gasteiger partial charge in [0.2, 0.25) is 0 Å². The number of esters is 1. The van der Waals surface area contributed by atoms with Gasteiger partial charge in [-0.1, -0.05) is 18.2 Å². The van der Waals surface area contributed by atoms with Crippen molar-refractivity contribution >= 4 is 5.97 Å². The minimum absolute atomic E-state index is 0.128. The molecule has 1 aromatic carbocycles. The normalized spacial score (nSPS) is 14.7. The summed E-state index contributed by atoms with van der Waals surface area (Å²) in [6.07, 6.45) is -11.3. The summed E-state index contributed by atoms with van der Waals surface area (Å²) >= 11 is 0. The van der Waals surface area contributed by atoms with Crippen molar-refractivity contribution in [1.29, 1.82) is 0 Å². The van der Waals surface area contributed by atoms with Crippen LogP contribution in [0.15, 0.2) is 24.3 Å². The minimum atomic E-state index is -7.00. The molecule has 0 aromatic heterocycles. The van der Waals surface area contributed by atoms with Gasteiger partial charge in [-0.2, -0.15) is 39.5 Å². The van der Waals surface area contributed by atoms with Gasteiger partial charge in [0, 0.05) is 13.5 Å². The van der Waals surface area contributed by atoms with Crippen LogP contribution in [-0.2, 0) is 9.47 Å². The van der Waals surface area contributed by atoms with E-state index >= 15 is 0 Å². The Morgan fingerprint density at radius 3 is 1.96 bits per heavy atom. The fraction of sp³-hybridized carbons (Fsp3) is 0.562. The number of hydrogen-bond donors (Lipinski definition) is 0. The highest BCUT2D eigenvalue weighted by molar-refractivity contribution is 5.91. The van der Waals surface area contributed by atoms with E-state index in [1.54, 1.807) is 0 Å². The molecule has 28 heavy (non-hydrogen) atoms. The molecular weight excluding hydrogens is 411 g/mol. The summed E-state index contributed by atoms with van der Waals surface area (Å²) in [6.45, 7) is 1.29. The van der Waals surface area contributed by atoms with Crippen molar-refractivity contribution in [3.05, 3.63) is 35.4 Å². The van der Waals surface area contributed by atoms with E-state index in [1.165, 1.54) is 19.1 Å². The summed E-state index contributed by atoms with van der Waals surface area (Å²) in [5.41, 5.74) is -0.827. The number of carbonyl (C=O) groups is 1. The second-order valence-electron chi connectivity index (χ2n) is 5.59. The summed E-state index contributed by atoms with van der Waals surface area (Å²) in [7, 11) is 0.739. The molecule has 0 heterocycles. The number of rotatable bonds is 8. The Kier molecular flexibility index (Phi) is 7.02. The van der Waals surface area contributed by atoms with Crippen LogP contribution in [0.1, 0.15) is 35.4 Å². The number of hydrogen-bond acceptors (Lipinski definition) is 3. The maximum Gasteiger partial charge on any atom is 0.460 e. The Hall–Kier alpha value is -1.98. The van der Waals surface area contributed by atoms with Gasteiger partial charge in [-0.15, -0.1) is 0 Å².